The zero-order chi connectivity index (χ0) is 32.6. The smallest absolute Gasteiger partial charge is 0.462 e. The maximum absolute atomic E-state index is 12.3. The first-order valence-electron chi connectivity index (χ1n) is 17.0. The van der Waals surface area contributed by atoms with Gasteiger partial charge in [-0.15, -0.1) is 0 Å². The quantitative estimate of drug-likeness (QED) is 0.0345. The molecule has 0 aliphatic carbocycles. The lowest BCUT2D eigenvalue weighted by Gasteiger charge is -2.18. The van der Waals surface area contributed by atoms with Gasteiger partial charge in [0.2, 0.25) is 0 Å². The third-order valence-electron chi connectivity index (χ3n) is 6.96. The van der Waals surface area contributed by atoms with Gasteiger partial charge in [0, 0.05) is 12.8 Å². The molecule has 9 heteroatoms. The van der Waals surface area contributed by atoms with Gasteiger partial charge in [-0.05, 0) is 32.1 Å². The van der Waals surface area contributed by atoms with Crippen LogP contribution in [0.1, 0.15) is 142 Å². The highest BCUT2D eigenvalue weighted by molar-refractivity contribution is 7.46. The SMILES string of the molecule is CC/C=C/C=C/C=C/C=C/CCCCCC(=O)OC(COC(=O)CCCCCCCCCCCCCCC)COP(=O)(O)O. The summed E-state index contributed by atoms with van der Waals surface area (Å²) in [6.07, 6.45) is 35.5. The van der Waals surface area contributed by atoms with E-state index in [-0.39, 0.29) is 19.4 Å². The number of phosphoric acid groups is 1. The van der Waals surface area contributed by atoms with Crippen molar-refractivity contribution in [1.82, 2.24) is 0 Å². The Bertz CT molecular complexity index is 859. The number of hydrogen-bond donors (Lipinski definition) is 2. The zero-order valence-electron chi connectivity index (χ0n) is 27.5. The van der Waals surface area contributed by atoms with Crippen molar-refractivity contribution in [2.75, 3.05) is 13.2 Å². The van der Waals surface area contributed by atoms with Crippen molar-refractivity contribution in [3.8, 4) is 0 Å². The first-order valence-corrected chi connectivity index (χ1v) is 18.5. The third-order valence-corrected chi connectivity index (χ3v) is 7.44. The Balaban J connectivity index is 4.09. The molecule has 1 unspecified atom stereocenters. The second-order valence-electron chi connectivity index (χ2n) is 11.2. The van der Waals surface area contributed by atoms with E-state index >= 15 is 0 Å². The molecule has 0 heterocycles. The van der Waals surface area contributed by atoms with Gasteiger partial charge in [0.05, 0.1) is 6.61 Å². The van der Waals surface area contributed by atoms with Crippen LogP contribution in [0.2, 0.25) is 0 Å². The predicted molar refractivity (Wildman–Crippen MR) is 179 cm³/mol. The van der Waals surface area contributed by atoms with Crippen molar-refractivity contribution < 1.29 is 37.9 Å². The fraction of sp³-hybridized carbons (Fsp3) is 0.714. The molecule has 0 aromatic rings. The molecule has 44 heavy (non-hydrogen) atoms. The van der Waals surface area contributed by atoms with E-state index in [1.165, 1.54) is 64.2 Å². The number of allylic oxidation sites excluding steroid dienone is 8. The monoisotopic (exact) mass is 640 g/mol. The molecular formula is C35H61O8P. The van der Waals surface area contributed by atoms with Crippen LogP contribution >= 0.6 is 7.82 Å². The van der Waals surface area contributed by atoms with Crippen molar-refractivity contribution in [2.45, 2.75) is 148 Å². The number of ether oxygens (including phenoxy) is 2. The molecule has 0 saturated carbocycles. The molecule has 0 aliphatic heterocycles. The number of carbonyl (C=O) groups excluding carboxylic acids is 2. The van der Waals surface area contributed by atoms with E-state index in [0.29, 0.717) is 6.42 Å². The second-order valence-corrected chi connectivity index (χ2v) is 12.4. The normalized spacial score (nSPS) is 13.1. The molecular weight excluding hydrogens is 579 g/mol. The van der Waals surface area contributed by atoms with E-state index in [9.17, 15) is 14.2 Å². The summed E-state index contributed by atoms with van der Waals surface area (Å²) in [7, 11) is -4.76. The van der Waals surface area contributed by atoms with Crippen LogP contribution < -0.4 is 0 Å². The van der Waals surface area contributed by atoms with Crippen LogP contribution in [0.25, 0.3) is 0 Å². The fourth-order valence-electron chi connectivity index (χ4n) is 4.44. The van der Waals surface area contributed by atoms with Crippen molar-refractivity contribution in [2.24, 2.45) is 0 Å². The van der Waals surface area contributed by atoms with E-state index in [1.54, 1.807) is 0 Å². The van der Waals surface area contributed by atoms with Crippen LogP contribution in [0, 0.1) is 0 Å². The Labute approximate surface area is 267 Å². The Morgan fingerprint density at radius 1 is 0.614 bits per heavy atom. The number of phosphoric ester groups is 1. The molecule has 0 rings (SSSR count). The van der Waals surface area contributed by atoms with E-state index in [0.717, 1.165) is 44.9 Å². The Morgan fingerprint density at radius 3 is 1.64 bits per heavy atom. The van der Waals surface area contributed by atoms with Gasteiger partial charge < -0.3 is 19.3 Å². The van der Waals surface area contributed by atoms with Gasteiger partial charge in [-0.3, -0.25) is 14.1 Å². The van der Waals surface area contributed by atoms with Gasteiger partial charge in [-0.1, -0.05) is 146 Å². The van der Waals surface area contributed by atoms with Crippen LogP contribution in [0.15, 0.2) is 48.6 Å². The van der Waals surface area contributed by atoms with E-state index in [4.69, 9.17) is 19.3 Å². The number of rotatable bonds is 30. The van der Waals surface area contributed by atoms with Crippen molar-refractivity contribution in [1.29, 1.82) is 0 Å². The Morgan fingerprint density at radius 2 is 1.09 bits per heavy atom. The van der Waals surface area contributed by atoms with E-state index in [1.807, 2.05) is 36.5 Å². The first kappa shape index (κ1) is 42.0. The van der Waals surface area contributed by atoms with Crippen LogP contribution in [0.4, 0.5) is 0 Å². The highest BCUT2D eigenvalue weighted by atomic mass is 31.2. The molecule has 8 nitrogen and oxygen atoms in total. The summed E-state index contributed by atoms with van der Waals surface area (Å²) in [4.78, 5) is 42.5. The largest absolute Gasteiger partial charge is 0.469 e. The average molecular weight is 641 g/mol. The third kappa shape index (κ3) is 32.9. The molecule has 0 saturated heterocycles. The summed E-state index contributed by atoms with van der Waals surface area (Å²) in [5.74, 6) is -0.934. The molecule has 0 aliphatic rings. The summed E-state index contributed by atoms with van der Waals surface area (Å²) >= 11 is 0. The lowest BCUT2D eigenvalue weighted by Crippen LogP contribution is -2.29. The summed E-state index contributed by atoms with van der Waals surface area (Å²) in [5, 5.41) is 0. The van der Waals surface area contributed by atoms with Crippen LogP contribution in [0.5, 0.6) is 0 Å². The Kier molecular flexibility index (Phi) is 29.6. The second kappa shape index (κ2) is 31.0. The van der Waals surface area contributed by atoms with Crippen LogP contribution in [-0.2, 0) is 28.2 Å². The van der Waals surface area contributed by atoms with E-state index < -0.39 is 32.5 Å². The van der Waals surface area contributed by atoms with Gasteiger partial charge in [0.15, 0.2) is 6.10 Å². The summed E-state index contributed by atoms with van der Waals surface area (Å²) in [5.41, 5.74) is 0. The van der Waals surface area contributed by atoms with Crippen molar-refractivity contribution in [3.05, 3.63) is 48.6 Å². The Hall–Kier alpha value is -1.99. The first-order chi connectivity index (χ1) is 21.3. The molecule has 2 N–H and O–H groups in total. The molecule has 0 aromatic carbocycles. The molecule has 254 valence electrons. The minimum atomic E-state index is -4.76. The fourth-order valence-corrected chi connectivity index (χ4v) is 4.80. The van der Waals surface area contributed by atoms with Gasteiger partial charge in [0.25, 0.3) is 0 Å². The van der Waals surface area contributed by atoms with Crippen LogP contribution in [0.3, 0.4) is 0 Å². The van der Waals surface area contributed by atoms with Gasteiger partial charge in [-0.2, -0.15) is 0 Å². The highest BCUT2D eigenvalue weighted by Gasteiger charge is 2.22. The lowest BCUT2D eigenvalue weighted by molar-refractivity contribution is -0.161. The highest BCUT2D eigenvalue weighted by Crippen LogP contribution is 2.35. The van der Waals surface area contributed by atoms with Crippen molar-refractivity contribution in [3.63, 3.8) is 0 Å². The topological polar surface area (TPSA) is 119 Å². The molecule has 0 aromatic heterocycles. The summed E-state index contributed by atoms with van der Waals surface area (Å²) in [6, 6.07) is 0. The minimum Gasteiger partial charge on any atom is -0.462 e. The lowest BCUT2D eigenvalue weighted by atomic mass is 10.0. The number of carbonyl (C=O) groups is 2. The molecule has 0 fully saturated rings. The van der Waals surface area contributed by atoms with Gasteiger partial charge in [0.1, 0.15) is 6.61 Å². The molecule has 0 amide bonds. The van der Waals surface area contributed by atoms with Crippen LogP contribution in [-0.4, -0.2) is 41.0 Å². The maximum atomic E-state index is 12.3. The molecule has 0 radical (unpaired) electrons. The number of hydrogen-bond acceptors (Lipinski definition) is 6. The van der Waals surface area contributed by atoms with Gasteiger partial charge >= 0.3 is 19.8 Å². The summed E-state index contributed by atoms with van der Waals surface area (Å²) < 4.78 is 26.2. The average Bonchev–Trinajstić information content (AvgIpc) is 2.98. The zero-order valence-corrected chi connectivity index (χ0v) is 28.4. The molecule has 1 atom stereocenters. The standard InChI is InChI=1S/C35H61O8P/c1-3-5-7-9-11-13-15-17-19-21-23-25-27-29-34(36)41-31-33(32-42-44(38,39)40)43-35(37)30-28-26-24-22-20-18-16-14-12-10-8-6-4-2/h6,8,10,12,14,16,18,20,33H,3-5,7,9,11,13,15,17,19,21-32H2,1-2H3,(H2,38,39,40)/b8-6+,12-10+,16-14+,20-18+. The summed E-state index contributed by atoms with van der Waals surface area (Å²) in [6.45, 7) is 3.48. The van der Waals surface area contributed by atoms with E-state index in [2.05, 4.69) is 30.5 Å². The number of esters is 2. The molecule has 0 bridgehead atoms. The molecule has 0 spiro atoms. The van der Waals surface area contributed by atoms with Crippen molar-refractivity contribution >= 4 is 19.8 Å². The minimum absolute atomic E-state index is 0.166. The predicted octanol–water partition coefficient (Wildman–Crippen LogP) is 9.62. The number of unbranched alkanes of at least 4 members (excludes halogenated alkanes) is 15. The van der Waals surface area contributed by atoms with Gasteiger partial charge in [-0.25, -0.2) is 4.57 Å². The maximum Gasteiger partial charge on any atom is 0.469 e.